The third kappa shape index (κ3) is 2.82. The van der Waals surface area contributed by atoms with Gasteiger partial charge in [-0.25, -0.2) is 4.98 Å². The molecule has 1 aromatic carbocycles. The Morgan fingerprint density at radius 3 is 2.68 bits per heavy atom. The molecular formula is C14H18N4O. The van der Waals surface area contributed by atoms with Crippen molar-refractivity contribution in [3.05, 3.63) is 35.9 Å². The summed E-state index contributed by atoms with van der Waals surface area (Å²) in [5, 5.41) is 3.97. The van der Waals surface area contributed by atoms with E-state index >= 15 is 0 Å². The molecule has 0 unspecified atom stereocenters. The number of nitrogens with two attached hydrogens (primary N) is 2. The van der Waals surface area contributed by atoms with Gasteiger partial charge in [0.15, 0.2) is 0 Å². The van der Waals surface area contributed by atoms with Crippen molar-refractivity contribution < 1.29 is 4.79 Å². The van der Waals surface area contributed by atoms with E-state index in [9.17, 15) is 4.79 Å². The van der Waals surface area contributed by atoms with Crippen LogP contribution in [0.5, 0.6) is 0 Å². The summed E-state index contributed by atoms with van der Waals surface area (Å²) in [4.78, 5) is 16.0. The average Bonchev–Trinajstić information content (AvgIpc) is 2.37. The lowest BCUT2D eigenvalue weighted by Crippen LogP contribution is -2.39. The first-order valence-corrected chi connectivity index (χ1v) is 6.11. The van der Waals surface area contributed by atoms with Gasteiger partial charge in [-0.3, -0.25) is 4.79 Å². The Bertz CT molecular complexity index is 622. The van der Waals surface area contributed by atoms with Gasteiger partial charge in [-0.15, -0.1) is 0 Å². The molecule has 1 aromatic heterocycles. The van der Waals surface area contributed by atoms with Gasteiger partial charge in [0.05, 0.1) is 11.1 Å². The molecule has 0 atom stereocenters. The molecule has 2 rings (SSSR count). The number of rotatable bonds is 4. The van der Waals surface area contributed by atoms with Crippen LogP contribution >= 0.6 is 0 Å². The number of hydrogen-bond acceptors (Lipinski definition) is 4. The lowest BCUT2D eigenvalue weighted by atomic mass is 10.0. The fourth-order valence-corrected chi connectivity index (χ4v) is 1.84. The lowest BCUT2D eigenvalue weighted by Gasteiger charge is -2.25. The molecule has 5 N–H and O–H groups in total. The molecule has 1 amide bonds. The third-order valence-corrected chi connectivity index (χ3v) is 2.96. The molecule has 0 radical (unpaired) electrons. The van der Waals surface area contributed by atoms with E-state index in [4.69, 9.17) is 11.5 Å². The van der Waals surface area contributed by atoms with Crippen LogP contribution < -0.4 is 16.8 Å². The molecule has 5 nitrogen and oxygen atoms in total. The minimum atomic E-state index is -0.466. The normalized spacial score (nSPS) is 11.5. The number of carbonyl (C=O) groups is 1. The first-order chi connectivity index (χ1) is 8.93. The standard InChI is InChI=1S/C14H18N4O/c1-14(2,8-15)18-12-7-10(13(16)19)9-5-3-4-6-11(9)17-12/h3-7H,8,15H2,1-2H3,(H2,16,19)(H,17,18). The number of fused-ring (bicyclic) bond motifs is 1. The second-order valence-electron chi connectivity index (χ2n) is 5.15. The summed E-state index contributed by atoms with van der Waals surface area (Å²) in [5.74, 6) is 0.134. The number of aromatic nitrogens is 1. The molecule has 1 heterocycles. The molecule has 5 heteroatoms. The number of primary amides is 1. The molecule has 19 heavy (non-hydrogen) atoms. The highest BCUT2D eigenvalue weighted by molar-refractivity contribution is 6.06. The summed E-state index contributed by atoms with van der Waals surface area (Å²) in [6.07, 6.45) is 0. The van der Waals surface area contributed by atoms with Crippen molar-refractivity contribution >= 4 is 22.6 Å². The Labute approximate surface area is 112 Å². The summed E-state index contributed by atoms with van der Waals surface area (Å²) < 4.78 is 0. The number of para-hydroxylation sites is 1. The maximum Gasteiger partial charge on any atom is 0.249 e. The molecule has 0 fully saturated rings. The molecule has 0 spiro atoms. The minimum absolute atomic E-state index is 0.301. The summed E-state index contributed by atoms with van der Waals surface area (Å²) in [7, 11) is 0. The van der Waals surface area contributed by atoms with E-state index in [1.807, 2.05) is 38.1 Å². The van der Waals surface area contributed by atoms with Crippen molar-refractivity contribution in [1.82, 2.24) is 4.98 Å². The van der Waals surface area contributed by atoms with E-state index in [1.165, 1.54) is 0 Å². The second-order valence-corrected chi connectivity index (χ2v) is 5.15. The van der Waals surface area contributed by atoms with Crippen LogP contribution in [0, 0.1) is 0 Å². The second kappa shape index (κ2) is 4.85. The fraction of sp³-hybridized carbons (Fsp3) is 0.286. The highest BCUT2D eigenvalue weighted by atomic mass is 16.1. The molecule has 2 aromatic rings. The largest absolute Gasteiger partial charge is 0.366 e. The average molecular weight is 258 g/mol. The van der Waals surface area contributed by atoms with Crippen LogP contribution in [0.3, 0.4) is 0 Å². The third-order valence-electron chi connectivity index (χ3n) is 2.96. The zero-order valence-corrected chi connectivity index (χ0v) is 11.1. The Balaban J connectivity index is 2.55. The number of hydrogen-bond donors (Lipinski definition) is 3. The van der Waals surface area contributed by atoms with Crippen LogP contribution in [-0.4, -0.2) is 23.0 Å². The van der Waals surface area contributed by atoms with E-state index in [0.717, 1.165) is 10.9 Å². The monoisotopic (exact) mass is 258 g/mol. The van der Waals surface area contributed by atoms with Gasteiger partial charge in [0.1, 0.15) is 5.82 Å². The molecule has 0 aliphatic rings. The SMILES string of the molecule is CC(C)(CN)Nc1cc(C(N)=O)c2ccccc2n1. The van der Waals surface area contributed by atoms with Gasteiger partial charge in [0.25, 0.3) is 0 Å². The Kier molecular flexibility index (Phi) is 3.40. The molecule has 100 valence electrons. The highest BCUT2D eigenvalue weighted by Gasteiger charge is 2.17. The Morgan fingerprint density at radius 1 is 1.37 bits per heavy atom. The molecule has 0 saturated heterocycles. The van der Waals surface area contributed by atoms with Gasteiger partial charge < -0.3 is 16.8 Å². The van der Waals surface area contributed by atoms with Crippen LogP contribution in [0.15, 0.2) is 30.3 Å². The Hall–Kier alpha value is -2.14. The summed E-state index contributed by atoms with van der Waals surface area (Å²) >= 11 is 0. The molecule has 0 aliphatic carbocycles. The smallest absolute Gasteiger partial charge is 0.249 e. The number of benzene rings is 1. The number of amides is 1. The first kappa shape index (κ1) is 13.3. The van der Waals surface area contributed by atoms with Crippen LogP contribution in [0.2, 0.25) is 0 Å². The van der Waals surface area contributed by atoms with Gasteiger partial charge in [0, 0.05) is 17.5 Å². The zero-order valence-electron chi connectivity index (χ0n) is 11.1. The fourth-order valence-electron chi connectivity index (χ4n) is 1.84. The number of carbonyl (C=O) groups excluding carboxylic acids is 1. The van der Waals surface area contributed by atoms with Gasteiger partial charge >= 0.3 is 0 Å². The van der Waals surface area contributed by atoms with E-state index in [1.54, 1.807) is 6.07 Å². The van der Waals surface area contributed by atoms with Gasteiger partial charge in [0.2, 0.25) is 5.91 Å². The predicted octanol–water partition coefficient (Wildman–Crippen LogP) is 1.48. The number of pyridine rings is 1. The predicted molar refractivity (Wildman–Crippen MR) is 77.0 cm³/mol. The Morgan fingerprint density at radius 2 is 2.05 bits per heavy atom. The van der Waals surface area contributed by atoms with Crippen molar-refractivity contribution in [2.24, 2.45) is 11.5 Å². The van der Waals surface area contributed by atoms with Gasteiger partial charge in [-0.05, 0) is 26.0 Å². The lowest BCUT2D eigenvalue weighted by molar-refractivity contribution is 0.100. The van der Waals surface area contributed by atoms with Crippen molar-refractivity contribution in [3.8, 4) is 0 Å². The van der Waals surface area contributed by atoms with Crippen LogP contribution in [0.25, 0.3) is 10.9 Å². The topological polar surface area (TPSA) is 94.0 Å². The van der Waals surface area contributed by atoms with Crippen LogP contribution in [-0.2, 0) is 0 Å². The van der Waals surface area contributed by atoms with Crippen LogP contribution in [0.1, 0.15) is 24.2 Å². The summed E-state index contributed by atoms with van der Waals surface area (Å²) in [6.45, 7) is 4.38. The first-order valence-electron chi connectivity index (χ1n) is 6.11. The summed E-state index contributed by atoms with van der Waals surface area (Å²) in [6, 6.07) is 9.08. The maximum atomic E-state index is 11.5. The van der Waals surface area contributed by atoms with Gasteiger partial charge in [-0.2, -0.15) is 0 Å². The van der Waals surface area contributed by atoms with Crippen molar-refractivity contribution in [1.29, 1.82) is 0 Å². The minimum Gasteiger partial charge on any atom is -0.366 e. The highest BCUT2D eigenvalue weighted by Crippen LogP contribution is 2.22. The molecular weight excluding hydrogens is 240 g/mol. The van der Waals surface area contributed by atoms with E-state index in [2.05, 4.69) is 10.3 Å². The quantitative estimate of drug-likeness (QED) is 0.774. The summed E-state index contributed by atoms with van der Waals surface area (Å²) in [5.41, 5.74) is 12.0. The van der Waals surface area contributed by atoms with Crippen molar-refractivity contribution in [3.63, 3.8) is 0 Å². The molecule has 0 bridgehead atoms. The zero-order chi connectivity index (χ0) is 14.0. The van der Waals surface area contributed by atoms with E-state index in [0.29, 0.717) is 17.9 Å². The van der Waals surface area contributed by atoms with Crippen LogP contribution in [0.4, 0.5) is 5.82 Å². The van der Waals surface area contributed by atoms with Gasteiger partial charge in [-0.1, -0.05) is 18.2 Å². The number of anilines is 1. The van der Waals surface area contributed by atoms with Crippen molar-refractivity contribution in [2.75, 3.05) is 11.9 Å². The molecule has 0 aliphatic heterocycles. The number of nitrogens with one attached hydrogen (secondary N) is 1. The molecule has 0 saturated carbocycles. The van der Waals surface area contributed by atoms with E-state index < -0.39 is 5.91 Å². The van der Waals surface area contributed by atoms with E-state index in [-0.39, 0.29) is 5.54 Å². The maximum absolute atomic E-state index is 11.5. The number of nitrogens with zero attached hydrogens (tertiary/aromatic N) is 1. The van der Waals surface area contributed by atoms with Crippen molar-refractivity contribution in [2.45, 2.75) is 19.4 Å².